The first-order valence-electron chi connectivity index (χ1n) is 7.20. The van der Waals surface area contributed by atoms with Gasteiger partial charge in [-0.1, -0.05) is 23.7 Å². The molecule has 24 heavy (non-hydrogen) atoms. The Labute approximate surface area is 142 Å². The minimum absolute atomic E-state index is 0.204. The molecule has 2 aromatic heterocycles. The number of hydrogen-bond acceptors (Lipinski definition) is 4. The molecule has 1 aromatic carbocycles. The van der Waals surface area contributed by atoms with Gasteiger partial charge in [-0.2, -0.15) is 5.10 Å². The zero-order valence-electron chi connectivity index (χ0n) is 12.6. The Morgan fingerprint density at radius 3 is 2.96 bits per heavy atom. The molecule has 0 radical (unpaired) electrons. The molecule has 0 spiro atoms. The Morgan fingerprint density at radius 2 is 2.21 bits per heavy atom. The van der Waals surface area contributed by atoms with E-state index in [0.29, 0.717) is 18.1 Å². The summed E-state index contributed by atoms with van der Waals surface area (Å²) in [6.07, 6.45) is 4.85. The van der Waals surface area contributed by atoms with E-state index in [1.807, 2.05) is 0 Å². The van der Waals surface area contributed by atoms with E-state index in [9.17, 15) is 9.18 Å². The second-order valence-corrected chi connectivity index (χ2v) is 5.55. The normalized spacial score (nSPS) is 10.8. The zero-order chi connectivity index (χ0) is 16.9. The van der Waals surface area contributed by atoms with Gasteiger partial charge in [0.25, 0.3) is 0 Å². The lowest BCUT2D eigenvalue weighted by Crippen LogP contribution is -2.16. The van der Waals surface area contributed by atoms with Gasteiger partial charge in [-0.3, -0.25) is 14.8 Å². The summed E-state index contributed by atoms with van der Waals surface area (Å²) in [5, 5.41) is 11.3. The topological polar surface area (TPSA) is 77.6 Å². The summed E-state index contributed by atoms with van der Waals surface area (Å²) in [6.45, 7) is 0.773. The molecule has 0 aliphatic carbocycles. The third kappa shape index (κ3) is 4.39. The summed E-state index contributed by atoms with van der Waals surface area (Å²) in [5.41, 5.74) is 0.758. The Hall–Kier alpha value is -2.74. The minimum atomic E-state index is -0.306. The number of aryl methyl sites for hydroxylation is 1. The van der Waals surface area contributed by atoms with Crippen molar-refractivity contribution in [2.75, 3.05) is 5.32 Å². The average molecular weight is 349 g/mol. The Balaban J connectivity index is 1.52. The Morgan fingerprint density at radius 1 is 1.33 bits per heavy atom. The largest absolute Gasteiger partial charge is 0.293 e. The van der Waals surface area contributed by atoms with E-state index in [-0.39, 0.29) is 24.1 Å². The van der Waals surface area contributed by atoms with Gasteiger partial charge in [-0.15, -0.1) is 5.10 Å². The van der Waals surface area contributed by atoms with Crippen molar-refractivity contribution in [1.82, 2.24) is 24.5 Å². The number of amides is 1. The number of carbonyl (C=O) groups excluding carboxylic acids is 1. The highest BCUT2D eigenvalue weighted by Gasteiger charge is 2.08. The molecule has 2 heterocycles. The molecule has 3 rings (SSSR count). The lowest BCUT2D eigenvalue weighted by atomic mass is 10.2. The zero-order valence-corrected chi connectivity index (χ0v) is 13.3. The number of nitrogens with zero attached hydrogens (tertiary/aromatic N) is 5. The van der Waals surface area contributed by atoms with Crippen LogP contribution in [0, 0.1) is 5.82 Å². The molecular formula is C15H14ClFN6O. The molecule has 0 bridgehead atoms. The maximum atomic E-state index is 13.2. The Bertz CT molecular complexity index is 846. The van der Waals surface area contributed by atoms with Crippen molar-refractivity contribution in [1.29, 1.82) is 0 Å². The van der Waals surface area contributed by atoms with Crippen molar-refractivity contribution in [3.8, 4) is 0 Å². The number of nitrogens with one attached hydrogen (secondary N) is 1. The molecular weight excluding hydrogens is 335 g/mol. The van der Waals surface area contributed by atoms with Gasteiger partial charge in [0.15, 0.2) is 0 Å². The number of hydrogen-bond donors (Lipinski definition) is 1. The fourth-order valence-corrected chi connectivity index (χ4v) is 2.27. The fourth-order valence-electron chi connectivity index (χ4n) is 2.11. The summed E-state index contributed by atoms with van der Waals surface area (Å²) < 4.78 is 16.3. The van der Waals surface area contributed by atoms with E-state index < -0.39 is 0 Å². The van der Waals surface area contributed by atoms with Gasteiger partial charge in [-0.25, -0.2) is 14.1 Å². The lowest BCUT2D eigenvalue weighted by molar-refractivity contribution is -0.116. The maximum Gasteiger partial charge on any atom is 0.248 e. The number of benzene rings is 1. The molecule has 0 unspecified atom stereocenters. The van der Waals surface area contributed by atoms with Crippen molar-refractivity contribution >= 4 is 23.5 Å². The molecule has 7 nitrogen and oxygen atoms in total. The smallest absolute Gasteiger partial charge is 0.248 e. The van der Waals surface area contributed by atoms with Gasteiger partial charge in [0, 0.05) is 19.2 Å². The minimum Gasteiger partial charge on any atom is -0.293 e. The van der Waals surface area contributed by atoms with Gasteiger partial charge in [0.2, 0.25) is 11.9 Å². The van der Waals surface area contributed by atoms with E-state index in [0.717, 1.165) is 5.56 Å². The molecule has 1 N–H and O–H groups in total. The fraction of sp³-hybridized carbons (Fsp3) is 0.200. The first kappa shape index (κ1) is 16.1. The van der Waals surface area contributed by atoms with E-state index >= 15 is 0 Å². The van der Waals surface area contributed by atoms with Gasteiger partial charge in [0.1, 0.15) is 12.1 Å². The van der Waals surface area contributed by atoms with Crippen LogP contribution in [0.1, 0.15) is 12.0 Å². The van der Waals surface area contributed by atoms with E-state index in [1.54, 1.807) is 23.0 Å². The summed E-state index contributed by atoms with van der Waals surface area (Å²) in [5.74, 6) is -0.333. The first-order valence-corrected chi connectivity index (χ1v) is 7.58. The second-order valence-electron chi connectivity index (χ2n) is 5.12. The predicted molar refractivity (Wildman–Crippen MR) is 86.0 cm³/mol. The number of carbonyl (C=O) groups is 1. The average Bonchev–Trinajstić information content (AvgIpc) is 3.14. The summed E-state index contributed by atoms with van der Waals surface area (Å²) in [6, 6.07) is 6.22. The molecule has 0 aliphatic rings. The van der Waals surface area contributed by atoms with Crippen LogP contribution in [-0.2, 0) is 17.9 Å². The SMILES string of the molecule is O=C(CCn1cc(Cl)cn1)Nc1ncn(Cc2cccc(F)c2)n1. The highest BCUT2D eigenvalue weighted by Crippen LogP contribution is 2.07. The quantitative estimate of drug-likeness (QED) is 0.741. The standard InChI is InChI=1S/C15H14ClFN6O/c16-12-7-19-22(9-12)5-4-14(24)20-15-18-10-23(21-15)8-11-2-1-3-13(17)6-11/h1-3,6-7,9-10H,4-5,8H2,(H,20,21,24). The third-order valence-corrected chi connectivity index (χ3v) is 3.39. The summed E-state index contributed by atoms with van der Waals surface area (Å²) in [4.78, 5) is 15.9. The summed E-state index contributed by atoms with van der Waals surface area (Å²) in [7, 11) is 0. The van der Waals surface area contributed by atoms with Crippen molar-refractivity contribution in [2.45, 2.75) is 19.5 Å². The van der Waals surface area contributed by atoms with E-state index in [4.69, 9.17) is 11.6 Å². The van der Waals surface area contributed by atoms with Gasteiger partial charge < -0.3 is 0 Å². The highest BCUT2D eigenvalue weighted by atomic mass is 35.5. The molecule has 9 heteroatoms. The van der Waals surface area contributed by atoms with E-state index in [1.165, 1.54) is 29.3 Å². The van der Waals surface area contributed by atoms with Gasteiger partial charge in [-0.05, 0) is 17.7 Å². The molecule has 124 valence electrons. The molecule has 0 saturated heterocycles. The van der Waals surface area contributed by atoms with Crippen LogP contribution in [-0.4, -0.2) is 30.5 Å². The molecule has 0 fully saturated rings. The first-order chi connectivity index (χ1) is 11.6. The molecule has 1 amide bonds. The van der Waals surface area contributed by atoms with Gasteiger partial charge in [0.05, 0.1) is 17.8 Å². The van der Waals surface area contributed by atoms with Crippen LogP contribution >= 0.6 is 11.6 Å². The third-order valence-electron chi connectivity index (χ3n) is 3.19. The van der Waals surface area contributed by atoms with Crippen molar-refractivity contribution in [3.63, 3.8) is 0 Å². The molecule has 0 atom stereocenters. The predicted octanol–water partition coefficient (Wildman–Crippen LogP) is 2.34. The maximum absolute atomic E-state index is 13.2. The Kier molecular flexibility index (Phi) is 4.85. The number of anilines is 1. The van der Waals surface area contributed by atoms with Crippen LogP contribution in [0.5, 0.6) is 0 Å². The molecule has 0 saturated carbocycles. The van der Waals surface area contributed by atoms with Crippen LogP contribution < -0.4 is 5.32 Å². The van der Waals surface area contributed by atoms with Crippen LogP contribution in [0.4, 0.5) is 10.3 Å². The van der Waals surface area contributed by atoms with Crippen molar-refractivity contribution < 1.29 is 9.18 Å². The number of aromatic nitrogens is 5. The van der Waals surface area contributed by atoms with Crippen molar-refractivity contribution in [2.24, 2.45) is 0 Å². The number of halogens is 2. The summed E-state index contributed by atoms with van der Waals surface area (Å²) >= 11 is 5.75. The monoisotopic (exact) mass is 348 g/mol. The number of rotatable bonds is 6. The molecule has 3 aromatic rings. The second kappa shape index (κ2) is 7.22. The highest BCUT2D eigenvalue weighted by molar-refractivity contribution is 6.30. The van der Waals surface area contributed by atoms with Crippen LogP contribution in [0.2, 0.25) is 5.02 Å². The van der Waals surface area contributed by atoms with Crippen LogP contribution in [0.25, 0.3) is 0 Å². The van der Waals surface area contributed by atoms with Crippen molar-refractivity contribution in [3.05, 3.63) is 59.4 Å². The van der Waals surface area contributed by atoms with Gasteiger partial charge >= 0.3 is 0 Å². The lowest BCUT2D eigenvalue weighted by Gasteiger charge is -2.02. The molecule has 0 aliphatic heterocycles. The van der Waals surface area contributed by atoms with E-state index in [2.05, 4.69) is 20.5 Å². The van der Waals surface area contributed by atoms with Crippen LogP contribution in [0.3, 0.4) is 0 Å². The van der Waals surface area contributed by atoms with Crippen LogP contribution in [0.15, 0.2) is 43.0 Å².